The minimum atomic E-state index is -0.136. The van der Waals surface area contributed by atoms with Gasteiger partial charge in [-0.3, -0.25) is 4.90 Å². The smallest absolute Gasteiger partial charge is 0.123 e. The maximum absolute atomic E-state index is 13.0. The summed E-state index contributed by atoms with van der Waals surface area (Å²) in [6.45, 7) is 3.21. The van der Waals surface area contributed by atoms with Crippen LogP contribution in [0.3, 0.4) is 0 Å². The molecule has 1 aliphatic carbocycles. The van der Waals surface area contributed by atoms with Crippen molar-refractivity contribution in [3.05, 3.63) is 35.6 Å². The van der Waals surface area contributed by atoms with E-state index in [0.717, 1.165) is 43.8 Å². The van der Waals surface area contributed by atoms with Crippen LogP contribution in [0, 0.1) is 17.7 Å². The Labute approximate surface area is 145 Å². The number of halogens is 3. The molecular formula is C17H27Cl2FN2. The molecule has 0 unspecified atom stereocenters. The Morgan fingerprint density at radius 2 is 1.86 bits per heavy atom. The van der Waals surface area contributed by atoms with Crippen LogP contribution >= 0.6 is 24.8 Å². The van der Waals surface area contributed by atoms with E-state index in [0.29, 0.717) is 0 Å². The summed E-state index contributed by atoms with van der Waals surface area (Å²) in [4.78, 5) is 2.67. The van der Waals surface area contributed by atoms with Gasteiger partial charge in [0.15, 0.2) is 0 Å². The summed E-state index contributed by atoms with van der Waals surface area (Å²) in [6, 6.07) is 7.78. The van der Waals surface area contributed by atoms with Crippen molar-refractivity contribution in [1.82, 2.24) is 4.90 Å². The Kier molecular flexibility index (Phi) is 8.12. The number of hydrogen-bond donors (Lipinski definition) is 1. The maximum atomic E-state index is 13.0. The highest BCUT2D eigenvalue weighted by Crippen LogP contribution is 2.40. The molecule has 5 heteroatoms. The summed E-state index contributed by atoms with van der Waals surface area (Å²) >= 11 is 0. The third kappa shape index (κ3) is 4.58. The molecule has 2 nitrogen and oxygen atoms in total. The van der Waals surface area contributed by atoms with Gasteiger partial charge in [0, 0.05) is 12.6 Å². The molecule has 1 aromatic rings. The van der Waals surface area contributed by atoms with E-state index >= 15 is 0 Å². The molecule has 2 bridgehead atoms. The minimum Gasteiger partial charge on any atom is -0.330 e. The van der Waals surface area contributed by atoms with E-state index < -0.39 is 0 Å². The normalized spacial score (nSPS) is 27.1. The van der Waals surface area contributed by atoms with E-state index in [1.54, 1.807) is 12.1 Å². The van der Waals surface area contributed by atoms with Crippen molar-refractivity contribution in [3.63, 3.8) is 0 Å². The number of piperidine rings is 2. The first-order valence-electron chi connectivity index (χ1n) is 7.95. The molecule has 2 saturated heterocycles. The van der Waals surface area contributed by atoms with Crippen LogP contribution in [0.25, 0.3) is 0 Å². The van der Waals surface area contributed by atoms with Crippen LogP contribution in [-0.2, 0) is 6.42 Å². The first kappa shape index (κ1) is 19.7. The summed E-state index contributed by atoms with van der Waals surface area (Å²) < 4.78 is 13.0. The highest BCUT2D eigenvalue weighted by atomic mass is 35.5. The standard InChI is InChI=1S/C17H25FN2.2ClH/c18-16-5-2-13(3-6-16)10-15-11-14-4-7-17(15)20(12-14)9-1-8-19;;/h2-3,5-6,14-15,17H,1,4,7-12,19H2;2*1H/t14-,15-,17+;;/m1../s1. The highest BCUT2D eigenvalue weighted by Gasteiger charge is 2.39. The van der Waals surface area contributed by atoms with Crippen molar-refractivity contribution in [1.29, 1.82) is 0 Å². The van der Waals surface area contributed by atoms with Crippen molar-refractivity contribution in [2.24, 2.45) is 17.6 Å². The SMILES string of the molecule is Cl.Cl.NCCCN1C[C@@H]2CC[C@H]1[C@H](Cc1ccc(F)cc1)C2. The molecule has 0 aromatic heterocycles. The van der Waals surface area contributed by atoms with Gasteiger partial charge in [-0.25, -0.2) is 4.39 Å². The maximum Gasteiger partial charge on any atom is 0.123 e. The van der Waals surface area contributed by atoms with Crippen LogP contribution in [0.2, 0.25) is 0 Å². The van der Waals surface area contributed by atoms with Crippen molar-refractivity contribution in [2.75, 3.05) is 19.6 Å². The highest BCUT2D eigenvalue weighted by molar-refractivity contribution is 5.85. The van der Waals surface area contributed by atoms with Gasteiger partial charge in [-0.05, 0) is 74.7 Å². The average molecular weight is 349 g/mol. The molecule has 0 spiro atoms. The fourth-order valence-electron chi connectivity index (χ4n) is 4.15. The van der Waals surface area contributed by atoms with Crippen molar-refractivity contribution in [3.8, 4) is 0 Å². The molecule has 1 aromatic carbocycles. The predicted octanol–water partition coefficient (Wildman–Crippen LogP) is 3.66. The van der Waals surface area contributed by atoms with Gasteiger partial charge < -0.3 is 5.73 Å². The summed E-state index contributed by atoms with van der Waals surface area (Å²) in [5, 5.41) is 0. The van der Waals surface area contributed by atoms with Crippen LogP contribution < -0.4 is 5.73 Å². The van der Waals surface area contributed by atoms with Crippen LogP contribution in [0.5, 0.6) is 0 Å². The Bertz CT molecular complexity index is 441. The molecule has 2 heterocycles. The third-order valence-electron chi connectivity index (χ3n) is 5.07. The molecule has 2 N–H and O–H groups in total. The van der Waals surface area contributed by atoms with E-state index in [1.807, 2.05) is 12.1 Å². The van der Waals surface area contributed by atoms with Gasteiger partial charge in [0.1, 0.15) is 5.82 Å². The molecule has 3 atom stereocenters. The predicted molar refractivity (Wildman–Crippen MR) is 94.5 cm³/mol. The van der Waals surface area contributed by atoms with Crippen molar-refractivity contribution < 1.29 is 4.39 Å². The molecule has 0 radical (unpaired) electrons. The van der Waals surface area contributed by atoms with E-state index in [2.05, 4.69) is 4.90 Å². The molecule has 3 fully saturated rings. The van der Waals surface area contributed by atoms with Gasteiger partial charge in [-0.1, -0.05) is 12.1 Å². The van der Waals surface area contributed by atoms with Crippen molar-refractivity contribution >= 4 is 24.8 Å². The van der Waals surface area contributed by atoms with Crippen LogP contribution in [0.1, 0.15) is 31.2 Å². The first-order chi connectivity index (χ1) is 9.76. The van der Waals surface area contributed by atoms with Crippen molar-refractivity contribution in [2.45, 2.75) is 38.1 Å². The number of benzene rings is 1. The Hall–Kier alpha value is -0.350. The molecule has 3 aliphatic rings. The quantitative estimate of drug-likeness (QED) is 0.879. The third-order valence-corrected chi connectivity index (χ3v) is 5.07. The summed E-state index contributed by atoms with van der Waals surface area (Å²) in [7, 11) is 0. The molecule has 4 rings (SSSR count). The monoisotopic (exact) mass is 348 g/mol. The second-order valence-corrected chi connectivity index (χ2v) is 6.47. The lowest BCUT2D eigenvalue weighted by Gasteiger charge is -2.50. The second-order valence-electron chi connectivity index (χ2n) is 6.47. The van der Waals surface area contributed by atoms with Crippen LogP contribution in [0.4, 0.5) is 4.39 Å². The largest absolute Gasteiger partial charge is 0.330 e. The molecule has 126 valence electrons. The number of rotatable bonds is 5. The van der Waals surface area contributed by atoms with Gasteiger partial charge in [0.25, 0.3) is 0 Å². The van der Waals surface area contributed by atoms with Gasteiger partial charge in [0.05, 0.1) is 0 Å². The molecule has 2 aliphatic heterocycles. The zero-order chi connectivity index (χ0) is 13.9. The number of nitrogens with zero attached hydrogens (tertiary/aromatic N) is 1. The fraction of sp³-hybridized carbons (Fsp3) is 0.647. The lowest BCUT2D eigenvalue weighted by Crippen LogP contribution is -2.53. The molecular weight excluding hydrogens is 322 g/mol. The topological polar surface area (TPSA) is 29.3 Å². The number of nitrogens with two attached hydrogens (primary N) is 1. The lowest BCUT2D eigenvalue weighted by atomic mass is 9.70. The zero-order valence-corrected chi connectivity index (χ0v) is 14.6. The van der Waals surface area contributed by atoms with Crippen LogP contribution in [0.15, 0.2) is 24.3 Å². The first-order valence-corrected chi connectivity index (χ1v) is 7.95. The van der Waals surface area contributed by atoms with Gasteiger partial charge in [-0.2, -0.15) is 0 Å². The zero-order valence-electron chi connectivity index (χ0n) is 12.9. The fourth-order valence-corrected chi connectivity index (χ4v) is 4.15. The van der Waals surface area contributed by atoms with Crippen LogP contribution in [-0.4, -0.2) is 30.6 Å². The van der Waals surface area contributed by atoms with E-state index in [9.17, 15) is 4.39 Å². The summed E-state index contributed by atoms with van der Waals surface area (Å²) in [5.74, 6) is 1.47. The number of hydrogen-bond acceptors (Lipinski definition) is 2. The Morgan fingerprint density at radius 3 is 2.50 bits per heavy atom. The molecule has 22 heavy (non-hydrogen) atoms. The molecule has 1 saturated carbocycles. The van der Waals surface area contributed by atoms with Gasteiger partial charge >= 0.3 is 0 Å². The van der Waals surface area contributed by atoms with E-state index in [-0.39, 0.29) is 30.6 Å². The number of fused-ring (bicyclic) bond motifs is 3. The Morgan fingerprint density at radius 1 is 1.14 bits per heavy atom. The average Bonchev–Trinajstić information content (AvgIpc) is 2.48. The lowest BCUT2D eigenvalue weighted by molar-refractivity contribution is 0.00118. The second kappa shape index (κ2) is 9.07. The van der Waals surface area contributed by atoms with E-state index in [4.69, 9.17) is 5.73 Å². The summed E-state index contributed by atoms with van der Waals surface area (Å²) in [5.41, 5.74) is 6.93. The molecule has 0 amide bonds. The Balaban J connectivity index is 0.00000121. The van der Waals surface area contributed by atoms with Gasteiger partial charge in [-0.15, -0.1) is 24.8 Å². The van der Waals surface area contributed by atoms with E-state index in [1.165, 1.54) is 31.4 Å². The minimum absolute atomic E-state index is 0. The summed E-state index contributed by atoms with van der Waals surface area (Å²) in [6.07, 6.45) is 6.28. The van der Waals surface area contributed by atoms with Gasteiger partial charge in [0.2, 0.25) is 0 Å².